The lowest BCUT2D eigenvalue weighted by Crippen LogP contribution is -2.17. The molecule has 1 aromatic rings. The number of anilines is 2. The van der Waals surface area contributed by atoms with Gasteiger partial charge in [-0.05, 0) is 19.7 Å². The molecule has 0 aromatic carbocycles. The zero-order valence-corrected chi connectivity index (χ0v) is 7.99. The fourth-order valence-electron chi connectivity index (χ4n) is 1.05. The highest BCUT2D eigenvalue weighted by Crippen LogP contribution is 2.30. The highest BCUT2D eigenvalue weighted by atomic mass is 15.2. The Labute approximate surface area is 78.1 Å². The molecule has 0 unspecified atom stereocenters. The Kier molecular flexibility index (Phi) is 2.84. The van der Waals surface area contributed by atoms with Crippen molar-refractivity contribution in [3.8, 4) is 0 Å². The highest BCUT2D eigenvalue weighted by molar-refractivity contribution is 5.77. The third-order valence-electron chi connectivity index (χ3n) is 1.93. The molecule has 0 aliphatic carbocycles. The van der Waals surface area contributed by atoms with Crippen LogP contribution in [-0.2, 0) is 0 Å². The first-order valence-corrected chi connectivity index (χ1v) is 4.13. The molecule has 4 nitrogen and oxygen atoms in total. The van der Waals surface area contributed by atoms with Gasteiger partial charge in [0.1, 0.15) is 5.69 Å². The third kappa shape index (κ3) is 1.77. The van der Waals surface area contributed by atoms with Gasteiger partial charge in [-0.3, -0.25) is 4.99 Å². The van der Waals surface area contributed by atoms with Crippen molar-refractivity contribution in [2.45, 2.75) is 6.92 Å². The summed E-state index contributed by atoms with van der Waals surface area (Å²) in [6.45, 7) is 6.37. The summed E-state index contributed by atoms with van der Waals surface area (Å²) in [7, 11) is 1.94. The molecule has 0 atom stereocenters. The Balaban J connectivity index is 3.19. The van der Waals surface area contributed by atoms with Crippen molar-refractivity contribution in [2.75, 3.05) is 24.2 Å². The van der Waals surface area contributed by atoms with E-state index in [9.17, 15) is 0 Å². The molecule has 1 heterocycles. The maximum Gasteiger partial charge on any atom is 0.156 e. The van der Waals surface area contributed by atoms with Crippen molar-refractivity contribution in [3.05, 3.63) is 12.3 Å². The van der Waals surface area contributed by atoms with Crippen LogP contribution in [0.4, 0.5) is 17.2 Å². The van der Waals surface area contributed by atoms with Crippen molar-refractivity contribution in [3.63, 3.8) is 0 Å². The van der Waals surface area contributed by atoms with E-state index >= 15 is 0 Å². The number of aliphatic imine (C=N–C) groups is 1. The van der Waals surface area contributed by atoms with Crippen molar-refractivity contribution in [1.29, 1.82) is 0 Å². The first kappa shape index (κ1) is 9.51. The smallest absolute Gasteiger partial charge is 0.156 e. The number of nitrogens with two attached hydrogens (primary N) is 1. The zero-order chi connectivity index (χ0) is 9.84. The molecule has 1 rings (SSSR count). The average molecular weight is 178 g/mol. The lowest BCUT2D eigenvalue weighted by atomic mass is 10.3. The summed E-state index contributed by atoms with van der Waals surface area (Å²) < 4.78 is 0. The molecule has 70 valence electrons. The van der Waals surface area contributed by atoms with Gasteiger partial charge < -0.3 is 10.6 Å². The maximum atomic E-state index is 5.72. The second-order valence-electron chi connectivity index (χ2n) is 2.74. The molecule has 0 amide bonds. The minimum atomic E-state index is 0.611. The standard InChI is InChI=1S/C9H14N4/c1-4-13(3)9-8(11-2)7(10)5-6-12-9/h5-6H,2,4H2,1,3H3,(H2,10,12). The Bertz CT molecular complexity index is 308. The number of aromatic nitrogens is 1. The molecule has 0 radical (unpaired) electrons. The van der Waals surface area contributed by atoms with Gasteiger partial charge >= 0.3 is 0 Å². The Hall–Kier alpha value is -1.58. The molecule has 0 spiro atoms. The van der Waals surface area contributed by atoms with Crippen molar-refractivity contribution in [2.24, 2.45) is 4.99 Å². The SMILES string of the molecule is C=Nc1c(N)ccnc1N(C)CC. The van der Waals surface area contributed by atoms with Crippen LogP contribution in [0.15, 0.2) is 17.3 Å². The molecule has 0 aliphatic rings. The average Bonchev–Trinajstić information content (AvgIpc) is 2.16. The summed E-state index contributed by atoms with van der Waals surface area (Å²) in [6, 6.07) is 1.72. The van der Waals surface area contributed by atoms with Gasteiger partial charge in [0.05, 0.1) is 5.69 Å². The summed E-state index contributed by atoms with van der Waals surface area (Å²) in [5, 5.41) is 0. The van der Waals surface area contributed by atoms with Crippen LogP contribution in [0, 0.1) is 0 Å². The number of nitrogens with zero attached hydrogens (tertiary/aromatic N) is 3. The van der Waals surface area contributed by atoms with Crippen LogP contribution in [0.2, 0.25) is 0 Å². The van der Waals surface area contributed by atoms with E-state index in [1.807, 2.05) is 18.9 Å². The van der Waals surface area contributed by atoms with Crippen LogP contribution in [0.5, 0.6) is 0 Å². The van der Waals surface area contributed by atoms with Gasteiger partial charge in [0.15, 0.2) is 5.82 Å². The third-order valence-corrected chi connectivity index (χ3v) is 1.93. The van der Waals surface area contributed by atoms with E-state index in [0.717, 1.165) is 12.4 Å². The Morgan fingerprint density at radius 3 is 2.92 bits per heavy atom. The highest BCUT2D eigenvalue weighted by Gasteiger charge is 2.08. The van der Waals surface area contributed by atoms with E-state index in [0.29, 0.717) is 11.4 Å². The summed E-state index contributed by atoms with van der Waals surface area (Å²) in [5.41, 5.74) is 6.99. The van der Waals surface area contributed by atoms with Gasteiger partial charge in [-0.1, -0.05) is 0 Å². The maximum absolute atomic E-state index is 5.72. The van der Waals surface area contributed by atoms with Gasteiger partial charge in [0.25, 0.3) is 0 Å². The predicted molar refractivity (Wildman–Crippen MR) is 56.8 cm³/mol. The number of hydrogen-bond acceptors (Lipinski definition) is 4. The van der Waals surface area contributed by atoms with E-state index < -0.39 is 0 Å². The number of hydrogen-bond donors (Lipinski definition) is 1. The predicted octanol–water partition coefficient (Wildman–Crippen LogP) is 1.45. The second kappa shape index (κ2) is 3.89. The van der Waals surface area contributed by atoms with E-state index in [1.165, 1.54) is 0 Å². The monoisotopic (exact) mass is 178 g/mol. The molecule has 0 bridgehead atoms. The normalized spacial score (nSPS) is 9.69. The lowest BCUT2D eigenvalue weighted by molar-refractivity contribution is 0.939. The number of nitrogen functional groups attached to an aromatic ring is 1. The summed E-state index contributed by atoms with van der Waals surface area (Å²) >= 11 is 0. The quantitative estimate of drug-likeness (QED) is 0.713. The largest absolute Gasteiger partial charge is 0.397 e. The Morgan fingerprint density at radius 2 is 2.38 bits per heavy atom. The van der Waals surface area contributed by atoms with Crippen LogP contribution in [0.1, 0.15) is 6.92 Å². The Morgan fingerprint density at radius 1 is 1.69 bits per heavy atom. The summed E-state index contributed by atoms with van der Waals surface area (Å²) in [6.07, 6.45) is 1.67. The molecule has 0 saturated carbocycles. The molecule has 4 heteroatoms. The van der Waals surface area contributed by atoms with Crippen LogP contribution in [0.25, 0.3) is 0 Å². The van der Waals surface area contributed by atoms with E-state index in [4.69, 9.17) is 5.73 Å². The second-order valence-corrected chi connectivity index (χ2v) is 2.74. The van der Waals surface area contributed by atoms with Gasteiger partial charge in [-0.15, -0.1) is 0 Å². The minimum absolute atomic E-state index is 0.611. The summed E-state index contributed by atoms with van der Waals surface area (Å²) in [4.78, 5) is 10.0. The molecular formula is C9H14N4. The molecule has 2 N–H and O–H groups in total. The molecule has 1 aromatic heterocycles. The lowest BCUT2D eigenvalue weighted by Gasteiger charge is -2.17. The number of rotatable bonds is 3. The number of pyridine rings is 1. The summed E-state index contributed by atoms with van der Waals surface area (Å²) in [5.74, 6) is 0.775. The van der Waals surface area contributed by atoms with E-state index in [1.54, 1.807) is 12.3 Å². The van der Waals surface area contributed by atoms with Crippen LogP contribution in [-0.4, -0.2) is 25.3 Å². The van der Waals surface area contributed by atoms with Crippen LogP contribution < -0.4 is 10.6 Å². The van der Waals surface area contributed by atoms with Crippen molar-refractivity contribution >= 4 is 23.9 Å². The van der Waals surface area contributed by atoms with Crippen molar-refractivity contribution in [1.82, 2.24) is 4.98 Å². The van der Waals surface area contributed by atoms with E-state index in [-0.39, 0.29) is 0 Å². The minimum Gasteiger partial charge on any atom is -0.397 e. The first-order chi connectivity index (χ1) is 6.20. The molecule has 0 aliphatic heterocycles. The topological polar surface area (TPSA) is 54.5 Å². The van der Waals surface area contributed by atoms with Crippen LogP contribution >= 0.6 is 0 Å². The first-order valence-electron chi connectivity index (χ1n) is 4.13. The van der Waals surface area contributed by atoms with Gasteiger partial charge in [-0.2, -0.15) is 0 Å². The molecule has 0 saturated heterocycles. The van der Waals surface area contributed by atoms with E-state index in [2.05, 4.69) is 16.7 Å². The fourth-order valence-corrected chi connectivity index (χ4v) is 1.05. The van der Waals surface area contributed by atoms with Gasteiger partial charge in [0.2, 0.25) is 0 Å². The van der Waals surface area contributed by atoms with Crippen molar-refractivity contribution < 1.29 is 0 Å². The molecular weight excluding hydrogens is 164 g/mol. The van der Waals surface area contributed by atoms with Gasteiger partial charge in [-0.25, -0.2) is 4.98 Å². The molecule has 13 heavy (non-hydrogen) atoms. The van der Waals surface area contributed by atoms with Crippen LogP contribution in [0.3, 0.4) is 0 Å². The zero-order valence-electron chi connectivity index (χ0n) is 7.99. The van der Waals surface area contributed by atoms with Gasteiger partial charge in [0, 0.05) is 19.8 Å². The molecule has 0 fully saturated rings. The fraction of sp³-hybridized carbons (Fsp3) is 0.333.